The highest BCUT2D eigenvalue weighted by molar-refractivity contribution is 7.91. The van der Waals surface area contributed by atoms with Gasteiger partial charge in [-0.05, 0) is 56.2 Å². The minimum absolute atomic E-state index is 0.136. The van der Waals surface area contributed by atoms with Gasteiger partial charge in [0.2, 0.25) is 5.91 Å². The average Bonchev–Trinajstić information content (AvgIpc) is 2.89. The van der Waals surface area contributed by atoms with Gasteiger partial charge in [0.25, 0.3) is 0 Å². The highest BCUT2D eigenvalue weighted by atomic mass is 32.2. The second-order valence-electron chi connectivity index (χ2n) is 6.74. The van der Waals surface area contributed by atoms with Crippen molar-refractivity contribution < 1.29 is 13.2 Å². The Hall–Kier alpha value is -2.25. The van der Waals surface area contributed by atoms with Crippen molar-refractivity contribution in [3.05, 3.63) is 57.9 Å². The zero-order chi connectivity index (χ0) is 19.8. The van der Waals surface area contributed by atoms with E-state index < -0.39 is 15.7 Å². The zero-order valence-electron chi connectivity index (χ0n) is 15.8. The molecule has 1 aromatic heterocycles. The van der Waals surface area contributed by atoms with Crippen LogP contribution in [0.3, 0.4) is 0 Å². The molecule has 0 N–H and O–H groups in total. The molecule has 0 fully saturated rings. The fraction of sp³-hybridized carbons (Fsp3) is 0.300. The van der Waals surface area contributed by atoms with E-state index in [0.717, 1.165) is 15.8 Å². The van der Waals surface area contributed by atoms with Crippen LogP contribution in [0, 0.1) is 20.8 Å². The van der Waals surface area contributed by atoms with E-state index in [0.29, 0.717) is 4.80 Å². The molecule has 27 heavy (non-hydrogen) atoms. The molecule has 0 spiro atoms. The number of benzene rings is 2. The van der Waals surface area contributed by atoms with Crippen LogP contribution in [-0.2, 0) is 21.7 Å². The number of sulfone groups is 1. The van der Waals surface area contributed by atoms with Crippen LogP contribution in [0.5, 0.6) is 0 Å². The van der Waals surface area contributed by atoms with Crippen molar-refractivity contribution >= 4 is 37.3 Å². The normalized spacial score (nSPS) is 12.7. The van der Waals surface area contributed by atoms with Gasteiger partial charge in [-0.15, -0.1) is 0 Å². The smallest absolute Gasteiger partial charge is 0.249 e. The Balaban J connectivity index is 1.82. The van der Waals surface area contributed by atoms with Gasteiger partial charge in [-0.25, -0.2) is 8.42 Å². The summed E-state index contributed by atoms with van der Waals surface area (Å²) in [5.74, 6) is -0.674. The Labute approximate surface area is 162 Å². The van der Waals surface area contributed by atoms with Crippen LogP contribution < -0.4 is 4.80 Å². The predicted molar refractivity (Wildman–Crippen MR) is 109 cm³/mol. The largest absolute Gasteiger partial charge is 0.319 e. The average molecular weight is 403 g/mol. The van der Waals surface area contributed by atoms with Crippen molar-refractivity contribution in [1.82, 2.24) is 4.57 Å². The van der Waals surface area contributed by atoms with Crippen molar-refractivity contribution in [2.24, 2.45) is 12.0 Å². The molecule has 2 aromatic carbocycles. The maximum Gasteiger partial charge on any atom is 0.249 e. The summed E-state index contributed by atoms with van der Waals surface area (Å²) < 4.78 is 27.7. The minimum Gasteiger partial charge on any atom is -0.319 e. The van der Waals surface area contributed by atoms with Crippen molar-refractivity contribution in [3.8, 4) is 0 Å². The summed E-state index contributed by atoms with van der Waals surface area (Å²) in [6, 6.07) is 10.8. The molecular formula is C20H22N2O3S2. The number of nitrogens with zero attached hydrogens (tertiary/aromatic N) is 2. The molecule has 3 rings (SSSR count). The highest BCUT2D eigenvalue weighted by Crippen LogP contribution is 2.21. The van der Waals surface area contributed by atoms with E-state index in [2.05, 4.69) is 17.1 Å². The third-order valence-electron chi connectivity index (χ3n) is 4.61. The maximum atomic E-state index is 12.4. The Morgan fingerprint density at radius 2 is 1.70 bits per heavy atom. The molecule has 0 bridgehead atoms. The number of aryl methyl sites for hydroxylation is 4. The minimum atomic E-state index is -3.49. The highest BCUT2D eigenvalue weighted by Gasteiger charge is 2.16. The lowest BCUT2D eigenvalue weighted by Crippen LogP contribution is -2.16. The Bertz CT molecular complexity index is 1180. The molecule has 0 aliphatic heterocycles. The van der Waals surface area contributed by atoms with E-state index in [1.54, 1.807) is 24.3 Å². The van der Waals surface area contributed by atoms with E-state index >= 15 is 0 Å². The van der Waals surface area contributed by atoms with E-state index in [4.69, 9.17) is 0 Å². The van der Waals surface area contributed by atoms with Crippen LogP contribution in [0.2, 0.25) is 0 Å². The SMILES string of the molecule is Cc1ccc(S(=O)(=O)CCC(=O)N=c2sc3cc(C)c(C)cc3n2C)cc1. The summed E-state index contributed by atoms with van der Waals surface area (Å²) in [4.78, 5) is 17.2. The van der Waals surface area contributed by atoms with Crippen molar-refractivity contribution in [2.75, 3.05) is 5.75 Å². The van der Waals surface area contributed by atoms with Gasteiger partial charge in [-0.2, -0.15) is 4.99 Å². The standard InChI is InChI=1S/C20H22N2O3S2/c1-13-5-7-16(8-6-13)27(24,25)10-9-19(23)21-20-22(4)17-11-14(2)15(3)12-18(17)26-20/h5-8,11-12H,9-10H2,1-4H3. The molecule has 1 amide bonds. The van der Waals surface area contributed by atoms with Crippen LogP contribution in [0.4, 0.5) is 0 Å². The van der Waals surface area contributed by atoms with Gasteiger partial charge in [0.05, 0.1) is 20.9 Å². The quantitative estimate of drug-likeness (QED) is 0.671. The summed E-state index contributed by atoms with van der Waals surface area (Å²) in [5.41, 5.74) is 4.37. The Morgan fingerprint density at radius 1 is 1.07 bits per heavy atom. The first kappa shape index (κ1) is 19.5. The summed E-state index contributed by atoms with van der Waals surface area (Å²) in [7, 11) is -1.63. The van der Waals surface area contributed by atoms with E-state index in [-0.39, 0.29) is 17.1 Å². The molecule has 7 heteroatoms. The van der Waals surface area contributed by atoms with Crippen LogP contribution in [0.1, 0.15) is 23.1 Å². The van der Waals surface area contributed by atoms with Gasteiger partial charge in [0, 0.05) is 13.5 Å². The van der Waals surface area contributed by atoms with Crippen molar-refractivity contribution in [2.45, 2.75) is 32.1 Å². The van der Waals surface area contributed by atoms with Crippen molar-refractivity contribution in [1.29, 1.82) is 0 Å². The second-order valence-corrected chi connectivity index (χ2v) is 9.85. The Morgan fingerprint density at radius 3 is 2.37 bits per heavy atom. The molecule has 0 unspecified atom stereocenters. The number of thiazole rings is 1. The monoisotopic (exact) mass is 402 g/mol. The molecule has 0 atom stereocenters. The molecule has 0 aliphatic carbocycles. The summed E-state index contributed by atoms with van der Waals surface area (Å²) in [6.45, 7) is 5.99. The van der Waals surface area contributed by atoms with E-state index in [1.807, 2.05) is 32.4 Å². The first-order valence-corrected chi connectivity index (χ1v) is 11.1. The van der Waals surface area contributed by atoms with Gasteiger partial charge in [0.15, 0.2) is 14.6 Å². The molecule has 1 heterocycles. The molecule has 3 aromatic rings. The fourth-order valence-corrected chi connectivity index (χ4v) is 5.08. The first-order chi connectivity index (χ1) is 12.7. The van der Waals surface area contributed by atoms with Crippen molar-refractivity contribution in [3.63, 3.8) is 0 Å². The van der Waals surface area contributed by atoms with Gasteiger partial charge in [-0.3, -0.25) is 4.79 Å². The number of hydrogen-bond donors (Lipinski definition) is 0. The third-order valence-corrected chi connectivity index (χ3v) is 7.44. The van der Waals surface area contributed by atoms with E-state index in [1.165, 1.54) is 22.5 Å². The summed E-state index contributed by atoms with van der Waals surface area (Å²) in [6.07, 6.45) is -0.136. The van der Waals surface area contributed by atoms with E-state index in [9.17, 15) is 13.2 Å². The third kappa shape index (κ3) is 4.20. The first-order valence-electron chi connectivity index (χ1n) is 8.61. The number of amides is 1. The summed E-state index contributed by atoms with van der Waals surface area (Å²) >= 11 is 1.43. The number of carbonyl (C=O) groups is 1. The van der Waals surface area contributed by atoms with Gasteiger partial charge in [-0.1, -0.05) is 29.0 Å². The zero-order valence-corrected chi connectivity index (χ0v) is 17.4. The topological polar surface area (TPSA) is 68.5 Å². The predicted octanol–water partition coefficient (Wildman–Crippen LogP) is 3.46. The van der Waals surface area contributed by atoms with Crippen LogP contribution in [0.15, 0.2) is 46.3 Å². The molecule has 0 aliphatic rings. The summed E-state index contributed by atoms with van der Waals surface area (Å²) in [5, 5.41) is 0. The second kappa shape index (κ2) is 7.40. The van der Waals surface area contributed by atoms with Crippen LogP contribution in [-0.4, -0.2) is 24.6 Å². The van der Waals surface area contributed by atoms with Crippen LogP contribution >= 0.6 is 11.3 Å². The maximum absolute atomic E-state index is 12.4. The lowest BCUT2D eigenvalue weighted by molar-refractivity contribution is -0.117. The molecule has 0 saturated carbocycles. The molecule has 0 radical (unpaired) electrons. The number of hydrogen-bond acceptors (Lipinski definition) is 4. The molecular weight excluding hydrogens is 380 g/mol. The van der Waals surface area contributed by atoms with Gasteiger partial charge in [0.1, 0.15) is 0 Å². The fourth-order valence-electron chi connectivity index (χ4n) is 2.73. The number of fused-ring (bicyclic) bond motifs is 1. The number of carbonyl (C=O) groups excluding carboxylic acids is 1. The number of aromatic nitrogens is 1. The lowest BCUT2D eigenvalue weighted by Gasteiger charge is -2.03. The number of rotatable bonds is 4. The van der Waals surface area contributed by atoms with Gasteiger partial charge >= 0.3 is 0 Å². The lowest BCUT2D eigenvalue weighted by atomic mass is 10.1. The van der Waals surface area contributed by atoms with Gasteiger partial charge < -0.3 is 4.57 Å². The molecule has 142 valence electrons. The molecule has 5 nitrogen and oxygen atoms in total. The van der Waals surface area contributed by atoms with Crippen LogP contribution in [0.25, 0.3) is 10.2 Å². The molecule has 0 saturated heterocycles. The Kier molecular flexibility index (Phi) is 5.35.